The lowest BCUT2D eigenvalue weighted by Gasteiger charge is -2.17. The van der Waals surface area contributed by atoms with Crippen LogP contribution in [0.25, 0.3) is 11.3 Å². The predicted octanol–water partition coefficient (Wildman–Crippen LogP) is 4.41. The molecule has 1 atom stereocenters. The minimum absolute atomic E-state index is 0. The molecule has 1 unspecified atom stereocenters. The standard InChI is InChI=1S/C23H23N7.2ClH/c24-12-15-5-7-26-21(9-15)29-22-11-18(16-1-2-16)10-20(28-22)17-3-4-23(27-13-17)30-8-6-19(25)14-30;;/h3-5,7,9-11,13,16,19H,1-2,6,8,14,25H2,(H,26,28,29);2*1H. The molecule has 1 aliphatic heterocycles. The largest absolute Gasteiger partial charge is 0.355 e. The third-order valence-corrected chi connectivity index (χ3v) is 5.63. The Hall–Kier alpha value is -2.92. The Morgan fingerprint density at radius 2 is 1.88 bits per heavy atom. The van der Waals surface area contributed by atoms with Crippen LogP contribution < -0.4 is 16.0 Å². The predicted molar refractivity (Wildman–Crippen MR) is 131 cm³/mol. The van der Waals surface area contributed by atoms with Gasteiger partial charge in [0.2, 0.25) is 0 Å². The summed E-state index contributed by atoms with van der Waals surface area (Å²) < 4.78 is 0. The molecule has 1 saturated heterocycles. The van der Waals surface area contributed by atoms with Gasteiger partial charge in [0.15, 0.2) is 0 Å². The van der Waals surface area contributed by atoms with E-state index in [-0.39, 0.29) is 30.9 Å². The highest BCUT2D eigenvalue weighted by Gasteiger charge is 2.25. The number of halogens is 2. The van der Waals surface area contributed by atoms with Crippen LogP contribution >= 0.6 is 24.8 Å². The zero-order valence-corrected chi connectivity index (χ0v) is 19.1. The Labute approximate surface area is 199 Å². The molecule has 0 amide bonds. The van der Waals surface area contributed by atoms with Crippen LogP contribution in [0.4, 0.5) is 17.5 Å². The first-order valence-corrected chi connectivity index (χ1v) is 10.3. The molecule has 0 aromatic carbocycles. The maximum Gasteiger partial charge on any atom is 0.132 e. The molecule has 1 saturated carbocycles. The fourth-order valence-corrected chi connectivity index (χ4v) is 3.84. The van der Waals surface area contributed by atoms with Gasteiger partial charge < -0.3 is 16.0 Å². The Balaban J connectivity index is 0.00000144. The Morgan fingerprint density at radius 3 is 2.53 bits per heavy atom. The molecule has 2 fully saturated rings. The number of pyridine rings is 3. The summed E-state index contributed by atoms with van der Waals surface area (Å²) in [6, 6.07) is 14.1. The minimum atomic E-state index is 0. The van der Waals surface area contributed by atoms with Gasteiger partial charge in [-0.3, -0.25) is 0 Å². The van der Waals surface area contributed by atoms with Gasteiger partial charge in [0.05, 0.1) is 17.3 Å². The topological polar surface area (TPSA) is 104 Å². The number of hydrogen-bond donors (Lipinski definition) is 2. The number of nitrogens with two attached hydrogens (primary N) is 1. The van der Waals surface area contributed by atoms with Crippen LogP contribution in [0.5, 0.6) is 0 Å². The van der Waals surface area contributed by atoms with Gasteiger partial charge in [-0.2, -0.15) is 5.26 Å². The fourth-order valence-electron chi connectivity index (χ4n) is 3.84. The average molecular weight is 470 g/mol. The van der Waals surface area contributed by atoms with Crippen LogP contribution in [0.1, 0.15) is 36.3 Å². The number of rotatable bonds is 5. The van der Waals surface area contributed by atoms with E-state index in [0.29, 0.717) is 17.3 Å². The van der Waals surface area contributed by atoms with E-state index < -0.39 is 0 Å². The van der Waals surface area contributed by atoms with E-state index in [1.165, 1.54) is 18.4 Å². The number of aromatic nitrogens is 3. The number of anilines is 3. The molecular formula is C23H25Cl2N7. The van der Waals surface area contributed by atoms with Crippen molar-refractivity contribution in [1.29, 1.82) is 5.26 Å². The van der Waals surface area contributed by atoms with E-state index in [2.05, 4.69) is 44.5 Å². The van der Waals surface area contributed by atoms with Gasteiger partial charge in [-0.05, 0) is 67.1 Å². The van der Waals surface area contributed by atoms with Crippen LogP contribution in [0.3, 0.4) is 0 Å². The monoisotopic (exact) mass is 469 g/mol. The molecule has 32 heavy (non-hydrogen) atoms. The molecule has 3 aromatic heterocycles. The van der Waals surface area contributed by atoms with Crippen molar-refractivity contribution in [3.8, 4) is 17.3 Å². The van der Waals surface area contributed by atoms with Crippen molar-refractivity contribution in [2.75, 3.05) is 23.3 Å². The zero-order chi connectivity index (χ0) is 20.5. The lowest BCUT2D eigenvalue weighted by Crippen LogP contribution is -2.26. The third-order valence-electron chi connectivity index (χ3n) is 5.63. The van der Waals surface area contributed by atoms with Gasteiger partial charge in [0, 0.05) is 37.1 Å². The van der Waals surface area contributed by atoms with E-state index in [1.807, 2.05) is 12.3 Å². The van der Waals surface area contributed by atoms with Crippen molar-refractivity contribution in [3.05, 3.63) is 59.9 Å². The summed E-state index contributed by atoms with van der Waals surface area (Å²) in [7, 11) is 0. The minimum Gasteiger partial charge on any atom is -0.355 e. The third kappa shape index (κ3) is 5.28. The van der Waals surface area contributed by atoms with Gasteiger partial charge in [-0.15, -0.1) is 24.8 Å². The summed E-state index contributed by atoms with van der Waals surface area (Å²) in [6.07, 6.45) is 6.93. The number of nitriles is 1. The quantitative estimate of drug-likeness (QED) is 0.569. The van der Waals surface area contributed by atoms with Gasteiger partial charge in [-0.25, -0.2) is 15.0 Å². The molecule has 7 nitrogen and oxygen atoms in total. The Morgan fingerprint density at radius 1 is 1.03 bits per heavy atom. The van der Waals surface area contributed by atoms with Crippen LogP contribution in [-0.2, 0) is 0 Å². The van der Waals surface area contributed by atoms with E-state index in [9.17, 15) is 0 Å². The molecule has 0 bridgehead atoms. The summed E-state index contributed by atoms with van der Waals surface area (Å²) in [6.45, 7) is 1.80. The van der Waals surface area contributed by atoms with E-state index >= 15 is 0 Å². The van der Waals surface area contributed by atoms with Crippen LogP contribution in [-0.4, -0.2) is 34.1 Å². The first-order chi connectivity index (χ1) is 14.7. The van der Waals surface area contributed by atoms with Crippen LogP contribution in [0.2, 0.25) is 0 Å². The summed E-state index contributed by atoms with van der Waals surface area (Å²) >= 11 is 0. The molecule has 3 aromatic rings. The van der Waals surface area contributed by atoms with Crippen molar-refractivity contribution in [1.82, 2.24) is 15.0 Å². The molecule has 5 rings (SSSR count). The number of hydrogen-bond acceptors (Lipinski definition) is 7. The Bertz CT molecular complexity index is 1110. The van der Waals surface area contributed by atoms with Crippen LogP contribution in [0, 0.1) is 11.3 Å². The van der Waals surface area contributed by atoms with Gasteiger partial charge in [0.1, 0.15) is 17.5 Å². The molecule has 4 heterocycles. The zero-order valence-electron chi connectivity index (χ0n) is 17.4. The molecule has 0 radical (unpaired) electrons. The fraction of sp³-hybridized carbons (Fsp3) is 0.304. The molecule has 9 heteroatoms. The molecule has 166 valence electrons. The van der Waals surface area contributed by atoms with Crippen molar-refractivity contribution in [2.45, 2.75) is 31.2 Å². The van der Waals surface area contributed by atoms with Crippen molar-refractivity contribution in [3.63, 3.8) is 0 Å². The Kier molecular flexibility index (Phi) is 7.52. The lowest BCUT2D eigenvalue weighted by molar-refractivity contribution is 0.751. The van der Waals surface area contributed by atoms with Gasteiger partial charge >= 0.3 is 0 Å². The molecule has 2 aliphatic rings. The van der Waals surface area contributed by atoms with E-state index in [4.69, 9.17) is 16.0 Å². The summed E-state index contributed by atoms with van der Waals surface area (Å²) in [5.41, 5.74) is 9.72. The highest BCUT2D eigenvalue weighted by molar-refractivity contribution is 5.85. The first-order valence-electron chi connectivity index (χ1n) is 10.3. The lowest BCUT2D eigenvalue weighted by atomic mass is 10.1. The summed E-state index contributed by atoms with van der Waals surface area (Å²) in [5, 5.41) is 12.4. The van der Waals surface area contributed by atoms with Crippen molar-refractivity contribution >= 4 is 42.3 Å². The van der Waals surface area contributed by atoms with Crippen molar-refractivity contribution < 1.29 is 0 Å². The smallest absolute Gasteiger partial charge is 0.132 e. The number of nitrogens with one attached hydrogen (secondary N) is 1. The summed E-state index contributed by atoms with van der Waals surface area (Å²) in [4.78, 5) is 16.0. The maximum absolute atomic E-state index is 9.12. The molecule has 1 aliphatic carbocycles. The average Bonchev–Trinajstić information content (AvgIpc) is 3.54. The second kappa shape index (κ2) is 10.1. The number of nitrogens with zero attached hydrogens (tertiary/aromatic N) is 5. The summed E-state index contributed by atoms with van der Waals surface area (Å²) in [5.74, 6) is 2.89. The maximum atomic E-state index is 9.12. The van der Waals surface area contributed by atoms with Crippen molar-refractivity contribution in [2.24, 2.45) is 5.73 Å². The first kappa shape index (κ1) is 23.7. The van der Waals surface area contributed by atoms with E-state index in [1.54, 1.807) is 18.3 Å². The van der Waals surface area contributed by atoms with Gasteiger partial charge in [-0.1, -0.05) is 0 Å². The molecule has 0 spiro atoms. The van der Waals surface area contributed by atoms with E-state index in [0.717, 1.165) is 42.4 Å². The van der Waals surface area contributed by atoms with Crippen LogP contribution in [0.15, 0.2) is 48.8 Å². The highest BCUT2D eigenvalue weighted by atomic mass is 35.5. The highest BCUT2D eigenvalue weighted by Crippen LogP contribution is 2.42. The SMILES string of the molecule is Cl.Cl.N#Cc1ccnc(Nc2cc(C3CC3)cc(-c3ccc(N4CCC(N)C4)nc3)n2)c1. The molecular weight excluding hydrogens is 445 g/mol. The molecule has 3 N–H and O–H groups in total. The second-order valence-corrected chi connectivity index (χ2v) is 8.01. The second-order valence-electron chi connectivity index (χ2n) is 8.01. The van der Waals surface area contributed by atoms with Gasteiger partial charge in [0.25, 0.3) is 0 Å². The normalized spacial score (nSPS) is 17.1.